The van der Waals surface area contributed by atoms with Crippen LogP contribution in [0.5, 0.6) is 0 Å². The first-order chi connectivity index (χ1) is 10.9. The van der Waals surface area contributed by atoms with E-state index in [0.29, 0.717) is 12.0 Å². The van der Waals surface area contributed by atoms with Gasteiger partial charge in [0.15, 0.2) is 5.96 Å². The summed E-state index contributed by atoms with van der Waals surface area (Å²) in [5.41, 5.74) is 0. The van der Waals surface area contributed by atoms with Crippen LogP contribution in [-0.2, 0) is 11.2 Å². The number of rotatable bonds is 4. The molecule has 1 aromatic heterocycles. The third-order valence-electron chi connectivity index (χ3n) is 4.55. The SMILES string of the molecule is CCNC(=NCCc1ccco1)N1CCC2OCCCC2C1.I. The van der Waals surface area contributed by atoms with Gasteiger partial charge in [0.25, 0.3) is 0 Å². The molecular formula is C17H28IN3O2. The van der Waals surface area contributed by atoms with Crippen molar-refractivity contribution < 1.29 is 9.15 Å². The molecule has 130 valence electrons. The zero-order valence-electron chi connectivity index (χ0n) is 13.9. The molecule has 1 aromatic rings. The molecule has 0 radical (unpaired) electrons. The van der Waals surface area contributed by atoms with Crippen molar-refractivity contribution in [1.82, 2.24) is 10.2 Å². The Kier molecular flexibility index (Phi) is 7.69. The van der Waals surface area contributed by atoms with Gasteiger partial charge in [0.05, 0.1) is 12.4 Å². The number of hydrogen-bond donors (Lipinski definition) is 1. The van der Waals surface area contributed by atoms with Crippen LogP contribution >= 0.6 is 24.0 Å². The van der Waals surface area contributed by atoms with Gasteiger partial charge < -0.3 is 19.4 Å². The molecule has 2 atom stereocenters. The second-order valence-electron chi connectivity index (χ2n) is 6.11. The summed E-state index contributed by atoms with van der Waals surface area (Å²) in [7, 11) is 0. The molecule has 6 heteroatoms. The fourth-order valence-electron chi connectivity index (χ4n) is 3.43. The van der Waals surface area contributed by atoms with E-state index in [0.717, 1.165) is 57.3 Å². The van der Waals surface area contributed by atoms with Crippen molar-refractivity contribution in [1.29, 1.82) is 0 Å². The second-order valence-corrected chi connectivity index (χ2v) is 6.11. The summed E-state index contributed by atoms with van der Waals surface area (Å²) in [6.45, 7) is 6.83. The maximum Gasteiger partial charge on any atom is 0.193 e. The minimum Gasteiger partial charge on any atom is -0.469 e. The highest BCUT2D eigenvalue weighted by Gasteiger charge is 2.33. The normalized spacial score (nSPS) is 24.7. The number of guanidine groups is 1. The van der Waals surface area contributed by atoms with Crippen LogP contribution < -0.4 is 5.32 Å². The first-order valence-corrected chi connectivity index (χ1v) is 8.54. The van der Waals surface area contributed by atoms with E-state index in [9.17, 15) is 0 Å². The van der Waals surface area contributed by atoms with E-state index in [4.69, 9.17) is 14.1 Å². The predicted octanol–water partition coefficient (Wildman–Crippen LogP) is 2.91. The Morgan fingerprint density at radius 3 is 3.13 bits per heavy atom. The van der Waals surface area contributed by atoms with Crippen LogP contribution in [0.25, 0.3) is 0 Å². The molecule has 0 spiro atoms. The van der Waals surface area contributed by atoms with Gasteiger partial charge in [0.1, 0.15) is 5.76 Å². The number of ether oxygens (including phenoxy) is 1. The summed E-state index contributed by atoms with van der Waals surface area (Å²) in [6.07, 6.45) is 6.64. The van der Waals surface area contributed by atoms with Crippen molar-refractivity contribution in [2.75, 3.05) is 32.8 Å². The lowest BCUT2D eigenvalue weighted by atomic mass is 9.88. The highest BCUT2D eigenvalue weighted by atomic mass is 127. The molecule has 1 N–H and O–H groups in total. The number of nitrogens with one attached hydrogen (secondary N) is 1. The van der Waals surface area contributed by atoms with Gasteiger partial charge in [-0.2, -0.15) is 0 Å². The van der Waals surface area contributed by atoms with Crippen LogP contribution in [0, 0.1) is 5.92 Å². The van der Waals surface area contributed by atoms with Crippen molar-refractivity contribution >= 4 is 29.9 Å². The number of aliphatic imine (C=N–C) groups is 1. The molecule has 0 aromatic carbocycles. The Labute approximate surface area is 155 Å². The third-order valence-corrected chi connectivity index (χ3v) is 4.55. The predicted molar refractivity (Wildman–Crippen MR) is 102 cm³/mol. The molecule has 0 amide bonds. The fourth-order valence-corrected chi connectivity index (χ4v) is 3.43. The number of nitrogens with zero attached hydrogens (tertiary/aromatic N) is 2. The van der Waals surface area contributed by atoms with Crippen molar-refractivity contribution in [3.63, 3.8) is 0 Å². The number of halogens is 1. The first kappa shape index (κ1) is 18.6. The lowest BCUT2D eigenvalue weighted by Crippen LogP contribution is -2.52. The van der Waals surface area contributed by atoms with Crippen LogP contribution in [-0.4, -0.2) is 49.7 Å². The van der Waals surface area contributed by atoms with Gasteiger partial charge in [0.2, 0.25) is 0 Å². The minimum absolute atomic E-state index is 0. The molecule has 3 heterocycles. The maximum absolute atomic E-state index is 5.90. The van der Waals surface area contributed by atoms with E-state index in [1.807, 2.05) is 12.1 Å². The lowest BCUT2D eigenvalue weighted by Gasteiger charge is -2.42. The summed E-state index contributed by atoms with van der Waals surface area (Å²) >= 11 is 0. The molecule has 2 aliphatic rings. The Bertz CT molecular complexity index is 478. The molecule has 0 saturated carbocycles. The van der Waals surface area contributed by atoms with Gasteiger partial charge in [-0.15, -0.1) is 24.0 Å². The van der Waals surface area contributed by atoms with E-state index in [-0.39, 0.29) is 24.0 Å². The summed E-state index contributed by atoms with van der Waals surface area (Å²) in [4.78, 5) is 7.18. The Morgan fingerprint density at radius 2 is 2.35 bits per heavy atom. The minimum atomic E-state index is 0. The van der Waals surface area contributed by atoms with E-state index in [1.54, 1.807) is 6.26 Å². The summed E-state index contributed by atoms with van der Waals surface area (Å²) in [5.74, 6) is 2.70. The molecule has 0 aliphatic carbocycles. The largest absolute Gasteiger partial charge is 0.469 e. The molecule has 0 bridgehead atoms. The summed E-state index contributed by atoms with van der Waals surface area (Å²) in [6, 6.07) is 3.94. The average molecular weight is 433 g/mol. The standard InChI is InChI=1S/C17H27N3O2.HI/c1-2-18-17(19-9-7-15-6-4-11-21-15)20-10-8-16-14(13-20)5-3-12-22-16;/h4,6,11,14,16H,2-3,5,7-10,12-13H2,1H3,(H,18,19);1H. The number of furan rings is 1. The molecule has 2 unspecified atom stereocenters. The molecule has 2 fully saturated rings. The lowest BCUT2D eigenvalue weighted by molar-refractivity contribution is -0.0559. The van der Waals surface area contributed by atoms with Crippen LogP contribution in [0.1, 0.15) is 31.9 Å². The van der Waals surface area contributed by atoms with Crippen LogP contribution in [0.2, 0.25) is 0 Å². The van der Waals surface area contributed by atoms with Gasteiger partial charge in [-0.25, -0.2) is 0 Å². The van der Waals surface area contributed by atoms with Gasteiger partial charge in [-0.1, -0.05) is 0 Å². The highest BCUT2D eigenvalue weighted by molar-refractivity contribution is 14.0. The molecule has 2 aliphatic heterocycles. The zero-order valence-corrected chi connectivity index (χ0v) is 16.2. The van der Waals surface area contributed by atoms with Crippen LogP contribution in [0.15, 0.2) is 27.8 Å². The number of hydrogen-bond acceptors (Lipinski definition) is 3. The van der Waals surface area contributed by atoms with Gasteiger partial charge in [-0.3, -0.25) is 4.99 Å². The van der Waals surface area contributed by atoms with Gasteiger partial charge in [-0.05, 0) is 38.3 Å². The van der Waals surface area contributed by atoms with Gasteiger partial charge in [0, 0.05) is 45.1 Å². The molecule has 3 rings (SSSR count). The second kappa shape index (κ2) is 9.52. The molecule has 23 heavy (non-hydrogen) atoms. The number of fused-ring (bicyclic) bond motifs is 1. The van der Waals surface area contributed by atoms with Gasteiger partial charge >= 0.3 is 0 Å². The maximum atomic E-state index is 5.90. The smallest absolute Gasteiger partial charge is 0.193 e. The Balaban J connectivity index is 0.00000192. The highest BCUT2D eigenvalue weighted by Crippen LogP contribution is 2.28. The van der Waals surface area contributed by atoms with Crippen LogP contribution in [0.3, 0.4) is 0 Å². The van der Waals surface area contributed by atoms with E-state index in [1.165, 1.54) is 12.8 Å². The number of piperidine rings is 1. The molecule has 5 nitrogen and oxygen atoms in total. The third kappa shape index (κ3) is 5.11. The zero-order chi connectivity index (χ0) is 15.2. The van der Waals surface area contributed by atoms with Crippen molar-refractivity contribution in [2.45, 2.75) is 38.7 Å². The van der Waals surface area contributed by atoms with E-state index >= 15 is 0 Å². The monoisotopic (exact) mass is 433 g/mol. The Hall–Kier alpha value is -0.760. The Morgan fingerprint density at radius 1 is 1.43 bits per heavy atom. The quantitative estimate of drug-likeness (QED) is 0.451. The average Bonchev–Trinajstić information content (AvgIpc) is 3.07. The van der Waals surface area contributed by atoms with Crippen molar-refractivity contribution in [3.05, 3.63) is 24.2 Å². The molecular weight excluding hydrogens is 405 g/mol. The van der Waals surface area contributed by atoms with E-state index in [2.05, 4.69) is 17.1 Å². The number of likely N-dealkylation sites (tertiary alicyclic amines) is 1. The van der Waals surface area contributed by atoms with E-state index < -0.39 is 0 Å². The first-order valence-electron chi connectivity index (χ1n) is 8.54. The fraction of sp³-hybridized carbons (Fsp3) is 0.706. The van der Waals surface area contributed by atoms with Crippen molar-refractivity contribution in [3.8, 4) is 0 Å². The summed E-state index contributed by atoms with van der Waals surface area (Å²) in [5, 5.41) is 3.43. The summed E-state index contributed by atoms with van der Waals surface area (Å²) < 4.78 is 11.3. The molecule has 2 saturated heterocycles. The van der Waals surface area contributed by atoms with Crippen molar-refractivity contribution in [2.24, 2.45) is 10.9 Å². The topological polar surface area (TPSA) is 50.0 Å². The van der Waals surface area contributed by atoms with Crippen LogP contribution in [0.4, 0.5) is 0 Å².